The van der Waals surface area contributed by atoms with Crippen LogP contribution in [0, 0.1) is 0 Å². The van der Waals surface area contributed by atoms with Gasteiger partial charge in [-0.25, -0.2) is 0 Å². The van der Waals surface area contributed by atoms with E-state index in [2.05, 4.69) is 152 Å². The van der Waals surface area contributed by atoms with E-state index in [1.807, 2.05) is 0 Å². The minimum absolute atomic E-state index is 0.0360. The zero-order valence-electron chi connectivity index (χ0n) is 36.8. The van der Waals surface area contributed by atoms with Crippen LogP contribution in [0.15, 0.2) is 97.1 Å². The molecule has 2 saturated heterocycles. The molecule has 4 aliphatic rings. The topological polar surface area (TPSA) is 36.9 Å². The van der Waals surface area contributed by atoms with Gasteiger partial charge in [0.1, 0.15) is 0 Å². The van der Waals surface area contributed by atoms with Gasteiger partial charge in [-0.3, -0.25) is 0 Å². The third-order valence-corrected chi connectivity index (χ3v) is 14.0. The Balaban J connectivity index is 1.29. The average Bonchev–Trinajstić information content (AvgIpc) is 4.05. The fourth-order valence-corrected chi connectivity index (χ4v) is 10.6. The standard InChI is InChI=1S/C53H62B2O4/c1-9-10-11-12-13-14-27-52(8)46-32-40(54-56-28-29-57-54)23-25-42(46)44-35-49-45(34-47(44)52)43-26-24-41(55-58-30-31-59-55)33-48(43)53(49,38-19-15-36(16-20-38)50(2,3)4)39-21-17-37(18-22-39)51(5,6)7/h15-26,32-35H,9-14,27-31H2,1-8H3. The third kappa shape index (κ3) is 6.97. The van der Waals surface area contributed by atoms with Gasteiger partial charge in [-0.1, -0.05) is 179 Å². The fourth-order valence-electron chi connectivity index (χ4n) is 10.6. The van der Waals surface area contributed by atoms with E-state index in [0.29, 0.717) is 26.4 Å². The van der Waals surface area contributed by atoms with Crippen LogP contribution in [0.1, 0.15) is 145 Å². The summed E-state index contributed by atoms with van der Waals surface area (Å²) >= 11 is 0. The van der Waals surface area contributed by atoms with E-state index >= 15 is 0 Å². The second-order valence-electron chi connectivity index (χ2n) is 20.0. The first-order valence-electron chi connectivity index (χ1n) is 22.5. The molecule has 1 atom stereocenters. The quantitative estimate of drug-likeness (QED) is 0.0969. The van der Waals surface area contributed by atoms with Gasteiger partial charge in [-0.15, -0.1) is 0 Å². The molecule has 5 aromatic rings. The molecule has 0 saturated carbocycles. The number of hydrogen-bond acceptors (Lipinski definition) is 4. The number of hydrogen-bond donors (Lipinski definition) is 0. The lowest BCUT2D eigenvalue weighted by Gasteiger charge is -2.35. The van der Waals surface area contributed by atoms with Crippen LogP contribution in [0.4, 0.5) is 0 Å². The molecule has 0 bridgehead atoms. The molecule has 59 heavy (non-hydrogen) atoms. The molecule has 2 fully saturated rings. The highest BCUT2D eigenvalue weighted by molar-refractivity contribution is 6.62. The van der Waals surface area contributed by atoms with Crippen LogP contribution in [0.2, 0.25) is 0 Å². The SMILES string of the molecule is CCCCCCCCC1(C)c2cc(B3OCCO3)ccc2-c2cc3c(cc21)-c1ccc(B2OCCO2)cc1C3(c1ccc(C(C)(C)C)cc1)c1ccc(C(C)(C)C)cc1. The maximum atomic E-state index is 6.17. The summed E-state index contributed by atoms with van der Waals surface area (Å²) in [5, 5.41) is 0. The largest absolute Gasteiger partial charge is 0.494 e. The Bertz CT molecular complexity index is 2260. The lowest BCUT2D eigenvalue weighted by Crippen LogP contribution is -2.35. The van der Waals surface area contributed by atoms with Gasteiger partial charge in [-0.2, -0.15) is 0 Å². The van der Waals surface area contributed by atoms with Crippen LogP contribution < -0.4 is 10.9 Å². The van der Waals surface area contributed by atoms with E-state index in [9.17, 15) is 0 Å². The van der Waals surface area contributed by atoms with Crippen molar-refractivity contribution in [3.05, 3.63) is 142 Å². The van der Waals surface area contributed by atoms with E-state index in [4.69, 9.17) is 18.6 Å². The van der Waals surface area contributed by atoms with Crippen LogP contribution in [0.3, 0.4) is 0 Å². The Morgan fingerprint density at radius 2 is 0.881 bits per heavy atom. The third-order valence-electron chi connectivity index (χ3n) is 14.0. The Kier molecular flexibility index (Phi) is 10.6. The molecule has 0 spiro atoms. The Morgan fingerprint density at radius 3 is 1.39 bits per heavy atom. The summed E-state index contributed by atoms with van der Waals surface area (Å²) in [4.78, 5) is 0. The summed E-state index contributed by atoms with van der Waals surface area (Å²) in [6.07, 6.45) is 8.76. The van der Waals surface area contributed by atoms with Gasteiger partial charge in [0.05, 0.1) is 31.8 Å². The van der Waals surface area contributed by atoms with Gasteiger partial charge in [0.15, 0.2) is 0 Å². The van der Waals surface area contributed by atoms with Crippen molar-refractivity contribution in [2.75, 3.05) is 26.4 Å². The van der Waals surface area contributed by atoms with Crippen molar-refractivity contribution in [2.45, 2.75) is 122 Å². The summed E-state index contributed by atoms with van der Waals surface area (Å²) in [5.41, 5.74) is 17.5. The highest BCUT2D eigenvalue weighted by atomic mass is 16.6. The Morgan fingerprint density at radius 1 is 0.475 bits per heavy atom. The van der Waals surface area contributed by atoms with Crippen molar-refractivity contribution >= 4 is 25.2 Å². The van der Waals surface area contributed by atoms with Gasteiger partial charge in [0.2, 0.25) is 0 Å². The molecule has 2 heterocycles. The van der Waals surface area contributed by atoms with Crippen LogP contribution in [0.5, 0.6) is 0 Å². The van der Waals surface area contributed by atoms with Crippen molar-refractivity contribution in [3.63, 3.8) is 0 Å². The monoisotopic (exact) mass is 784 g/mol. The fraction of sp³-hybridized carbons (Fsp3) is 0.434. The molecule has 2 aliphatic heterocycles. The molecule has 4 nitrogen and oxygen atoms in total. The Hall–Kier alpha value is -3.93. The van der Waals surface area contributed by atoms with E-state index in [0.717, 1.165) is 17.3 Å². The van der Waals surface area contributed by atoms with Crippen molar-refractivity contribution < 1.29 is 18.6 Å². The number of unbranched alkanes of at least 4 members (excludes halogenated alkanes) is 5. The van der Waals surface area contributed by atoms with Gasteiger partial charge in [-0.05, 0) is 107 Å². The summed E-state index contributed by atoms with van der Waals surface area (Å²) in [5.74, 6) is 0. The highest BCUT2D eigenvalue weighted by Crippen LogP contribution is 2.61. The van der Waals surface area contributed by atoms with Crippen LogP contribution in [0.25, 0.3) is 22.3 Å². The Labute approximate surface area is 354 Å². The normalized spacial score (nSPS) is 19.3. The highest BCUT2D eigenvalue weighted by Gasteiger charge is 2.50. The second kappa shape index (κ2) is 15.5. The molecule has 9 rings (SSSR count). The first kappa shape index (κ1) is 40.5. The molecule has 5 aromatic carbocycles. The molecule has 0 amide bonds. The molecule has 1 unspecified atom stereocenters. The minimum Gasteiger partial charge on any atom is -0.405 e. The van der Waals surface area contributed by atoms with Gasteiger partial charge >= 0.3 is 14.2 Å². The lowest BCUT2D eigenvalue weighted by atomic mass is 9.65. The molecule has 2 aliphatic carbocycles. The van der Waals surface area contributed by atoms with E-state index in [-0.39, 0.29) is 30.5 Å². The van der Waals surface area contributed by atoms with E-state index in [1.54, 1.807) is 0 Å². The van der Waals surface area contributed by atoms with Crippen LogP contribution in [-0.4, -0.2) is 40.7 Å². The average molecular weight is 785 g/mol. The molecule has 0 aromatic heterocycles. The molecule has 0 N–H and O–H groups in total. The molecular formula is C53H62B2O4. The summed E-state index contributed by atoms with van der Waals surface area (Å²) in [6.45, 7) is 21.1. The number of fused-ring (bicyclic) bond motifs is 6. The molecular weight excluding hydrogens is 722 g/mol. The van der Waals surface area contributed by atoms with Crippen molar-refractivity contribution in [1.82, 2.24) is 0 Å². The minimum atomic E-state index is -0.578. The summed E-state index contributed by atoms with van der Waals surface area (Å²) in [6, 6.07) is 38.3. The molecule has 304 valence electrons. The predicted molar refractivity (Wildman–Crippen MR) is 246 cm³/mol. The number of benzene rings is 5. The smallest absolute Gasteiger partial charge is 0.405 e. The summed E-state index contributed by atoms with van der Waals surface area (Å²) in [7, 11) is -0.672. The number of rotatable bonds is 11. The first-order valence-corrected chi connectivity index (χ1v) is 22.5. The van der Waals surface area contributed by atoms with Crippen LogP contribution >= 0.6 is 0 Å². The van der Waals surface area contributed by atoms with E-state index in [1.165, 1.54) is 105 Å². The zero-order chi connectivity index (χ0) is 41.2. The van der Waals surface area contributed by atoms with Crippen molar-refractivity contribution in [3.8, 4) is 22.3 Å². The lowest BCUT2D eigenvalue weighted by molar-refractivity contribution is 0.365. The second-order valence-corrected chi connectivity index (χ2v) is 20.0. The molecule has 6 heteroatoms. The van der Waals surface area contributed by atoms with Crippen molar-refractivity contribution in [2.24, 2.45) is 0 Å². The maximum absolute atomic E-state index is 6.17. The maximum Gasteiger partial charge on any atom is 0.494 e. The zero-order valence-corrected chi connectivity index (χ0v) is 36.8. The van der Waals surface area contributed by atoms with Gasteiger partial charge in [0.25, 0.3) is 0 Å². The van der Waals surface area contributed by atoms with Gasteiger partial charge in [0, 0.05) is 5.41 Å². The van der Waals surface area contributed by atoms with Crippen molar-refractivity contribution in [1.29, 1.82) is 0 Å². The van der Waals surface area contributed by atoms with Crippen LogP contribution in [-0.2, 0) is 40.3 Å². The first-order chi connectivity index (χ1) is 28.3. The predicted octanol–water partition coefficient (Wildman–Crippen LogP) is 11.2. The van der Waals surface area contributed by atoms with E-state index < -0.39 is 5.41 Å². The molecule has 0 radical (unpaired) electrons. The van der Waals surface area contributed by atoms with Gasteiger partial charge < -0.3 is 18.6 Å². The summed E-state index contributed by atoms with van der Waals surface area (Å²) < 4.78 is 24.5.